The van der Waals surface area contributed by atoms with Gasteiger partial charge in [0, 0.05) is 0 Å². The van der Waals surface area contributed by atoms with E-state index in [4.69, 9.17) is 19.5 Å². The molecule has 3 aliphatic rings. The van der Waals surface area contributed by atoms with Crippen molar-refractivity contribution in [2.75, 3.05) is 14.2 Å². The molecule has 148 valence electrons. The van der Waals surface area contributed by atoms with Gasteiger partial charge in [-0.05, 0) is 83.0 Å². The van der Waals surface area contributed by atoms with Gasteiger partial charge in [-0.2, -0.15) is 0 Å². The zero-order valence-electron chi connectivity index (χ0n) is 16.9. The second-order valence-electron chi connectivity index (χ2n) is 7.38. The average Bonchev–Trinajstić information content (AvgIpc) is 2.83. The molecule has 5 rings (SSSR count). The number of aliphatic imine (C=N–C) groups is 2. The number of dihydropyridines is 2. The first-order chi connectivity index (χ1) is 14.7. The summed E-state index contributed by atoms with van der Waals surface area (Å²) in [5.74, 6) is 1.68. The quantitative estimate of drug-likeness (QED) is 0.753. The summed E-state index contributed by atoms with van der Waals surface area (Å²) in [6, 6.07) is 16.0. The van der Waals surface area contributed by atoms with Crippen molar-refractivity contribution >= 4 is 11.4 Å². The Kier molecular flexibility index (Phi) is 4.68. The molecule has 2 aromatic rings. The van der Waals surface area contributed by atoms with Crippen molar-refractivity contribution in [3.8, 4) is 11.5 Å². The molecule has 0 radical (unpaired) electrons. The lowest BCUT2D eigenvalue weighted by Crippen LogP contribution is -2.33. The molecule has 2 aliphatic heterocycles. The minimum absolute atomic E-state index is 0.0229. The van der Waals surface area contributed by atoms with Gasteiger partial charge in [-0.15, -0.1) is 0 Å². The maximum absolute atomic E-state index is 5.27. The molecular weight excluding hydrogens is 372 g/mol. The maximum atomic E-state index is 5.27. The van der Waals surface area contributed by atoms with Gasteiger partial charge >= 0.3 is 0 Å². The van der Waals surface area contributed by atoms with Crippen LogP contribution in [0.2, 0.25) is 0 Å². The third-order valence-electron chi connectivity index (χ3n) is 5.65. The molecule has 0 amide bonds. The average molecular weight is 394 g/mol. The number of fused-ring (bicyclic) bond motifs is 3. The summed E-state index contributed by atoms with van der Waals surface area (Å²) in [6.07, 6.45) is 12.8. The largest absolute Gasteiger partial charge is 0.497 e. The van der Waals surface area contributed by atoms with Crippen LogP contribution < -0.4 is 9.47 Å². The topological polar surface area (TPSA) is 43.2 Å². The van der Waals surface area contributed by atoms with Gasteiger partial charge in [-0.3, -0.25) is 9.98 Å². The molecule has 4 nitrogen and oxygen atoms in total. The molecule has 0 N–H and O–H groups in total. The molecule has 2 aromatic carbocycles. The third kappa shape index (κ3) is 3.30. The fourth-order valence-electron chi connectivity index (χ4n) is 3.95. The second kappa shape index (κ2) is 7.64. The highest BCUT2D eigenvalue weighted by molar-refractivity contribution is 6.11. The van der Waals surface area contributed by atoms with Gasteiger partial charge in [0.25, 0.3) is 0 Å². The number of hydrogen-bond acceptors (Lipinski definition) is 4. The number of rotatable bonds is 4. The normalized spacial score (nSPS) is 21.5. The van der Waals surface area contributed by atoms with Crippen LogP contribution in [-0.2, 0) is 0 Å². The summed E-state index contributed by atoms with van der Waals surface area (Å²) in [5.41, 5.74) is 6.47. The van der Waals surface area contributed by atoms with E-state index in [1.165, 1.54) is 11.1 Å². The van der Waals surface area contributed by atoms with Crippen LogP contribution in [0, 0.1) is 0 Å². The summed E-state index contributed by atoms with van der Waals surface area (Å²) in [4.78, 5) is 10.2. The van der Waals surface area contributed by atoms with E-state index in [0.29, 0.717) is 0 Å². The number of benzene rings is 2. The molecule has 0 fully saturated rings. The van der Waals surface area contributed by atoms with Crippen molar-refractivity contribution in [1.82, 2.24) is 0 Å². The Bertz CT molecular complexity index is 1050. The highest BCUT2D eigenvalue weighted by atomic mass is 16.5. The summed E-state index contributed by atoms with van der Waals surface area (Å²) in [5, 5.41) is 0. The number of methoxy groups -OCH3 is 2. The Morgan fingerprint density at radius 2 is 0.967 bits per heavy atom. The first-order valence-electron chi connectivity index (χ1n) is 9.97. The molecular formula is C26H22N2O2. The predicted molar refractivity (Wildman–Crippen MR) is 121 cm³/mol. The fourth-order valence-corrected chi connectivity index (χ4v) is 3.95. The van der Waals surface area contributed by atoms with E-state index in [1.54, 1.807) is 14.2 Å². The van der Waals surface area contributed by atoms with Crippen LogP contribution in [0.1, 0.15) is 11.1 Å². The Morgan fingerprint density at radius 1 is 0.567 bits per heavy atom. The molecule has 0 saturated carbocycles. The lowest BCUT2D eigenvalue weighted by Gasteiger charge is -2.31. The first-order valence-corrected chi connectivity index (χ1v) is 9.97. The van der Waals surface area contributed by atoms with Crippen LogP contribution in [0.3, 0.4) is 0 Å². The van der Waals surface area contributed by atoms with Crippen molar-refractivity contribution in [3.63, 3.8) is 0 Å². The lowest BCUT2D eigenvalue weighted by atomic mass is 9.84. The van der Waals surface area contributed by atoms with E-state index < -0.39 is 0 Å². The first kappa shape index (κ1) is 18.4. The molecule has 0 bridgehead atoms. The Morgan fingerprint density at radius 3 is 1.33 bits per heavy atom. The number of allylic oxidation sites excluding steroid dienone is 4. The second-order valence-corrected chi connectivity index (χ2v) is 7.38. The molecule has 0 spiro atoms. The lowest BCUT2D eigenvalue weighted by molar-refractivity contribution is 0.414. The van der Waals surface area contributed by atoms with Crippen molar-refractivity contribution in [3.05, 3.63) is 107 Å². The molecule has 4 heteroatoms. The minimum Gasteiger partial charge on any atom is -0.497 e. The molecule has 2 unspecified atom stereocenters. The fraction of sp³-hybridized carbons (Fsp3) is 0.154. The van der Waals surface area contributed by atoms with Gasteiger partial charge < -0.3 is 9.47 Å². The van der Waals surface area contributed by atoms with Gasteiger partial charge in [0.05, 0.1) is 25.6 Å². The van der Waals surface area contributed by atoms with E-state index in [0.717, 1.165) is 34.0 Å². The number of ether oxygens (including phenoxy) is 2. The van der Waals surface area contributed by atoms with E-state index in [1.807, 2.05) is 48.5 Å². The molecule has 2 atom stereocenters. The predicted octanol–water partition coefficient (Wildman–Crippen LogP) is 4.73. The molecule has 0 aromatic heterocycles. The zero-order chi connectivity index (χ0) is 20.5. The van der Waals surface area contributed by atoms with Crippen LogP contribution in [-0.4, -0.2) is 37.7 Å². The number of nitrogens with zero attached hydrogens (tertiary/aromatic N) is 2. The van der Waals surface area contributed by atoms with Crippen molar-refractivity contribution in [2.24, 2.45) is 9.98 Å². The standard InChI is InChI=1S/C26H22N2O2/c1-29-21-11-5-17(6-12-21)23-15-9-19-3-4-20-10-16-24(28-26(20)25(19)27-23)18-7-13-22(30-2)14-8-18/h3-16,25-26H,1-2H3. The van der Waals surface area contributed by atoms with Crippen molar-refractivity contribution in [1.29, 1.82) is 0 Å². The van der Waals surface area contributed by atoms with Gasteiger partial charge in [-0.1, -0.05) is 24.3 Å². The van der Waals surface area contributed by atoms with Crippen molar-refractivity contribution in [2.45, 2.75) is 12.1 Å². The van der Waals surface area contributed by atoms with Crippen LogP contribution >= 0.6 is 0 Å². The summed E-state index contributed by atoms with van der Waals surface area (Å²) < 4.78 is 10.5. The van der Waals surface area contributed by atoms with Gasteiger partial charge in [0.2, 0.25) is 0 Å². The molecule has 2 heterocycles. The Balaban J connectivity index is 1.48. The highest BCUT2D eigenvalue weighted by Crippen LogP contribution is 2.33. The monoisotopic (exact) mass is 394 g/mol. The van der Waals surface area contributed by atoms with Gasteiger partial charge in [0.1, 0.15) is 23.6 Å². The van der Waals surface area contributed by atoms with Gasteiger partial charge in [0.15, 0.2) is 0 Å². The van der Waals surface area contributed by atoms with E-state index in [9.17, 15) is 0 Å². The van der Waals surface area contributed by atoms with Gasteiger partial charge in [-0.25, -0.2) is 0 Å². The highest BCUT2D eigenvalue weighted by Gasteiger charge is 2.32. The summed E-state index contributed by atoms with van der Waals surface area (Å²) in [6.45, 7) is 0. The zero-order valence-corrected chi connectivity index (χ0v) is 16.9. The van der Waals surface area contributed by atoms with E-state index in [2.05, 4.69) is 36.5 Å². The summed E-state index contributed by atoms with van der Waals surface area (Å²) in [7, 11) is 3.35. The van der Waals surface area contributed by atoms with Crippen LogP contribution in [0.4, 0.5) is 0 Å². The van der Waals surface area contributed by atoms with E-state index >= 15 is 0 Å². The molecule has 30 heavy (non-hydrogen) atoms. The molecule has 1 aliphatic carbocycles. The van der Waals surface area contributed by atoms with Crippen LogP contribution in [0.5, 0.6) is 11.5 Å². The van der Waals surface area contributed by atoms with E-state index in [-0.39, 0.29) is 12.1 Å². The summed E-state index contributed by atoms with van der Waals surface area (Å²) >= 11 is 0. The van der Waals surface area contributed by atoms with Crippen LogP contribution in [0.25, 0.3) is 0 Å². The third-order valence-corrected chi connectivity index (χ3v) is 5.65. The molecule has 0 saturated heterocycles. The Hall–Kier alpha value is -3.66. The minimum atomic E-state index is -0.0229. The smallest absolute Gasteiger partial charge is 0.118 e. The Labute approximate surface area is 176 Å². The maximum Gasteiger partial charge on any atom is 0.118 e. The number of hydrogen-bond donors (Lipinski definition) is 0. The SMILES string of the molecule is COc1ccc(C2=NC3C(=CC=C4C=CC(c5ccc(OC)cc5)=NC43)C=C2)cc1. The van der Waals surface area contributed by atoms with Crippen LogP contribution in [0.15, 0.2) is 106 Å². The van der Waals surface area contributed by atoms with Crippen molar-refractivity contribution < 1.29 is 9.47 Å².